The highest BCUT2D eigenvalue weighted by Gasteiger charge is 2.03. The Morgan fingerprint density at radius 3 is 1.03 bits per heavy atom. The zero-order valence-electron chi connectivity index (χ0n) is 18.7. The molecule has 0 atom stereocenters. The predicted molar refractivity (Wildman–Crippen MR) is 153 cm³/mol. The monoisotopic (exact) mass is 492 g/mol. The van der Waals surface area contributed by atoms with Crippen LogP contribution in [-0.2, 0) is 0 Å². The molecule has 0 heterocycles. The molecule has 6 heteroatoms. The minimum atomic E-state index is 0. The highest BCUT2D eigenvalue weighted by molar-refractivity contribution is 5.87. The maximum absolute atomic E-state index is 6.03. The van der Waals surface area contributed by atoms with Crippen molar-refractivity contribution in [2.24, 2.45) is 11.5 Å². The SMILES string of the molecule is Cl.Cl.NC(=C(N)c1ccccc1)c1ccccc1.Nc1ccc(C=Cc2ccc(N)cc2)cc1. The van der Waals surface area contributed by atoms with Crippen LogP contribution in [0.2, 0.25) is 0 Å². The number of hydrogen-bond donors (Lipinski definition) is 4. The molecule has 0 saturated heterocycles. The van der Waals surface area contributed by atoms with Gasteiger partial charge in [0.15, 0.2) is 0 Å². The third-order valence-corrected chi connectivity index (χ3v) is 4.80. The van der Waals surface area contributed by atoms with E-state index in [0.717, 1.165) is 33.6 Å². The van der Waals surface area contributed by atoms with E-state index in [1.807, 2.05) is 121 Å². The van der Waals surface area contributed by atoms with E-state index in [-0.39, 0.29) is 24.8 Å². The van der Waals surface area contributed by atoms with Gasteiger partial charge in [-0.2, -0.15) is 0 Å². The van der Waals surface area contributed by atoms with Gasteiger partial charge in [0.05, 0.1) is 11.4 Å². The number of rotatable bonds is 4. The van der Waals surface area contributed by atoms with Crippen molar-refractivity contribution in [3.8, 4) is 0 Å². The van der Waals surface area contributed by atoms with Gasteiger partial charge in [-0.25, -0.2) is 0 Å². The summed E-state index contributed by atoms with van der Waals surface area (Å²) in [7, 11) is 0. The molecule has 0 aliphatic heterocycles. The van der Waals surface area contributed by atoms with E-state index < -0.39 is 0 Å². The van der Waals surface area contributed by atoms with Crippen molar-refractivity contribution >= 4 is 59.7 Å². The number of benzene rings is 4. The van der Waals surface area contributed by atoms with Crippen molar-refractivity contribution in [3.05, 3.63) is 131 Å². The first kappa shape index (κ1) is 28.2. The fourth-order valence-electron chi connectivity index (χ4n) is 2.95. The van der Waals surface area contributed by atoms with Gasteiger partial charge in [0.2, 0.25) is 0 Å². The molecule has 0 radical (unpaired) electrons. The van der Waals surface area contributed by atoms with Crippen molar-refractivity contribution in [2.45, 2.75) is 0 Å². The topological polar surface area (TPSA) is 104 Å². The first-order valence-electron chi connectivity index (χ1n) is 10.3. The summed E-state index contributed by atoms with van der Waals surface area (Å²) >= 11 is 0. The average Bonchev–Trinajstić information content (AvgIpc) is 2.85. The molecule has 4 rings (SSSR count). The molecule has 8 N–H and O–H groups in total. The van der Waals surface area contributed by atoms with Crippen molar-refractivity contribution in [2.75, 3.05) is 11.5 Å². The Morgan fingerprint density at radius 1 is 0.441 bits per heavy atom. The smallest absolute Gasteiger partial charge is 0.0627 e. The van der Waals surface area contributed by atoms with Crippen LogP contribution in [0.4, 0.5) is 11.4 Å². The fourth-order valence-corrected chi connectivity index (χ4v) is 2.95. The van der Waals surface area contributed by atoms with Gasteiger partial charge in [-0.3, -0.25) is 0 Å². The van der Waals surface area contributed by atoms with Crippen molar-refractivity contribution in [3.63, 3.8) is 0 Å². The van der Waals surface area contributed by atoms with Gasteiger partial charge < -0.3 is 22.9 Å². The van der Waals surface area contributed by atoms with Gasteiger partial charge in [0.1, 0.15) is 0 Å². The van der Waals surface area contributed by atoms with Gasteiger partial charge in [-0.05, 0) is 46.5 Å². The van der Waals surface area contributed by atoms with E-state index in [1.54, 1.807) is 0 Å². The molecule has 4 aromatic rings. The molecule has 4 aromatic carbocycles. The number of anilines is 2. The van der Waals surface area contributed by atoms with Gasteiger partial charge in [0.25, 0.3) is 0 Å². The molecule has 176 valence electrons. The second-order valence-electron chi connectivity index (χ2n) is 7.23. The van der Waals surface area contributed by atoms with E-state index in [4.69, 9.17) is 22.9 Å². The van der Waals surface area contributed by atoms with Crippen LogP contribution in [0.25, 0.3) is 23.5 Å². The summed E-state index contributed by atoms with van der Waals surface area (Å²) in [6.45, 7) is 0. The summed E-state index contributed by atoms with van der Waals surface area (Å²) in [5.41, 5.74) is 30.2. The van der Waals surface area contributed by atoms with Crippen LogP contribution in [0.5, 0.6) is 0 Å². The fraction of sp³-hybridized carbons (Fsp3) is 0. The molecule has 4 nitrogen and oxygen atoms in total. The quantitative estimate of drug-likeness (QED) is 0.198. The maximum atomic E-state index is 6.03. The van der Waals surface area contributed by atoms with E-state index in [9.17, 15) is 0 Å². The summed E-state index contributed by atoms with van der Waals surface area (Å²) in [4.78, 5) is 0. The highest BCUT2D eigenvalue weighted by atomic mass is 35.5. The van der Waals surface area contributed by atoms with Crippen LogP contribution in [0.15, 0.2) is 109 Å². The molecule has 0 spiro atoms. The third kappa shape index (κ3) is 8.58. The van der Waals surface area contributed by atoms with E-state index in [1.165, 1.54) is 0 Å². The highest BCUT2D eigenvalue weighted by Crippen LogP contribution is 2.17. The summed E-state index contributed by atoms with van der Waals surface area (Å²) in [5, 5.41) is 0. The van der Waals surface area contributed by atoms with Crippen LogP contribution in [0, 0.1) is 0 Å². The lowest BCUT2D eigenvalue weighted by molar-refractivity contribution is 1.45. The maximum Gasteiger partial charge on any atom is 0.0627 e. The van der Waals surface area contributed by atoms with Gasteiger partial charge in [-0.1, -0.05) is 97.1 Å². The normalized spacial score (nSPS) is 10.7. The van der Waals surface area contributed by atoms with Crippen molar-refractivity contribution in [1.82, 2.24) is 0 Å². The van der Waals surface area contributed by atoms with Crippen LogP contribution >= 0.6 is 24.8 Å². The zero-order chi connectivity index (χ0) is 22.8. The first-order chi connectivity index (χ1) is 15.5. The first-order valence-corrected chi connectivity index (χ1v) is 10.3. The van der Waals surface area contributed by atoms with Crippen molar-refractivity contribution < 1.29 is 0 Å². The van der Waals surface area contributed by atoms with E-state index in [2.05, 4.69) is 0 Å². The lowest BCUT2D eigenvalue weighted by Gasteiger charge is -2.07. The molecule has 0 fully saturated rings. The number of nitrogens with two attached hydrogens (primary N) is 4. The molecule has 0 saturated carbocycles. The molecule has 34 heavy (non-hydrogen) atoms. The number of halogens is 2. The molecule has 0 aliphatic carbocycles. The summed E-state index contributed by atoms with van der Waals surface area (Å²) in [6, 6.07) is 35.0. The van der Waals surface area contributed by atoms with E-state index in [0.29, 0.717) is 11.4 Å². The van der Waals surface area contributed by atoms with Crippen LogP contribution in [0.1, 0.15) is 22.3 Å². The number of hydrogen-bond acceptors (Lipinski definition) is 4. The van der Waals surface area contributed by atoms with Gasteiger partial charge in [0, 0.05) is 11.4 Å². The third-order valence-electron chi connectivity index (χ3n) is 4.80. The second-order valence-corrected chi connectivity index (χ2v) is 7.23. The molecule has 0 aromatic heterocycles. The van der Waals surface area contributed by atoms with Gasteiger partial charge >= 0.3 is 0 Å². The van der Waals surface area contributed by atoms with E-state index >= 15 is 0 Å². The lowest BCUT2D eigenvalue weighted by Crippen LogP contribution is -2.07. The zero-order valence-corrected chi connectivity index (χ0v) is 20.3. The van der Waals surface area contributed by atoms with Gasteiger partial charge in [-0.15, -0.1) is 24.8 Å². The van der Waals surface area contributed by atoms with Crippen LogP contribution in [-0.4, -0.2) is 0 Å². The Kier molecular flexibility index (Phi) is 11.9. The molecule has 0 bridgehead atoms. The van der Waals surface area contributed by atoms with Crippen LogP contribution < -0.4 is 22.9 Å². The number of nitrogen functional groups attached to an aromatic ring is 2. The minimum absolute atomic E-state index is 0. The lowest BCUT2D eigenvalue weighted by atomic mass is 10.1. The Labute approximate surface area is 213 Å². The standard InChI is InChI=1S/2C14H14N2.2ClH/c15-13(11-7-3-1-4-8-11)14(16)12-9-5-2-6-10-12;15-13-7-3-11(4-8-13)1-2-12-5-9-14(16)10-6-12;;/h2*1-10H,15-16H2;2*1H. The van der Waals surface area contributed by atoms with Crippen LogP contribution in [0.3, 0.4) is 0 Å². The molecule has 0 amide bonds. The molecular formula is C28H30Cl2N4. The molecule has 0 unspecified atom stereocenters. The van der Waals surface area contributed by atoms with Crippen molar-refractivity contribution in [1.29, 1.82) is 0 Å². The minimum Gasteiger partial charge on any atom is -0.399 e. The largest absolute Gasteiger partial charge is 0.399 e. The Bertz CT molecular complexity index is 1080. The average molecular weight is 493 g/mol. The molecule has 0 aliphatic rings. The Morgan fingerprint density at radius 2 is 0.735 bits per heavy atom. The summed E-state index contributed by atoms with van der Waals surface area (Å²) in [6.07, 6.45) is 4.09. The predicted octanol–water partition coefficient (Wildman–Crippen LogP) is 6.29. The molecular weight excluding hydrogens is 463 g/mol. The Hall–Kier alpha value is -3.86. The summed E-state index contributed by atoms with van der Waals surface area (Å²) < 4.78 is 0. The second kappa shape index (κ2) is 14.3. The summed E-state index contributed by atoms with van der Waals surface area (Å²) in [5.74, 6) is 0. The Balaban J connectivity index is 0.000000321.